The van der Waals surface area contributed by atoms with Crippen LogP contribution in [0.25, 0.3) is 0 Å². The molecule has 0 saturated heterocycles. The smallest absolute Gasteiger partial charge is 0.263 e. The van der Waals surface area contributed by atoms with Crippen molar-refractivity contribution in [2.45, 2.75) is 38.8 Å². The predicted octanol–water partition coefficient (Wildman–Crippen LogP) is 3.86. The highest BCUT2D eigenvalue weighted by Gasteiger charge is 2.33. The Balaban J connectivity index is 1.57. The van der Waals surface area contributed by atoms with Crippen LogP contribution in [-0.2, 0) is 11.3 Å². The number of methoxy groups -OCH3 is 1. The molecule has 29 heavy (non-hydrogen) atoms. The average Bonchev–Trinajstić information content (AvgIpc) is 3.57. The van der Waals surface area contributed by atoms with Crippen molar-refractivity contribution >= 4 is 17.5 Å². The predicted molar refractivity (Wildman–Crippen MR) is 110 cm³/mol. The summed E-state index contributed by atoms with van der Waals surface area (Å²) < 4.78 is 11.3. The van der Waals surface area contributed by atoms with Gasteiger partial charge in [-0.2, -0.15) is 0 Å². The molecule has 2 aromatic rings. The average molecular weight is 394 g/mol. The minimum Gasteiger partial charge on any atom is -0.496 e. The number of nitrogens with zero attached hydrogens (tertiary/aromatic N) is 1. The van der Waals surface area contributed by atoms with E-state index in [2.05, 4.69) is 5.32 Å². The summed E-state index contributed by atoms with van der Waals surface area (Å²) in [5, 5.41) is 2.93. The molecule has 0 spiro atoms. The SMILES string of the molecule is CC[C@@H]1Oc2ccc(NC(=O)c3ccccc3OC)cc2CN(CC2CC2)C1=O. The van der Waals surface area contributed by atoms with E-state index in [0.717, 1.165) is 12.1 Å². The van der Waals surface area contributed by atoms with E-state index in [1.807, 2.05) is 30.0 Å². The fourth-order valence-electron chi connectivity index (χ4n) is 3.64. The van der Waals surface area contributed by atoms with Gasteiger partial charge in [-0.15, -0.1) is 0 Å². The molecule has 4 rings (SSSR count). The van der Waals surface area contributed by atoms with Crippen molar-refractivity contribution in [3.63, 3.8) is 0 Å². The third-order valence-electron chi connectivity index (χ3n) is 5.43. The molecule has 1 N–H and O–H groups in total. The molecule has 2 aliphatic rings. The minimum atomic E-state index is -0.455. The van der Waals surface area contributed by atoms with Gasteiger partial charge in [0, 0.05) is 24.3 Å². The van der Waals surface area contributed by atoms with Crippen LogP contribution < -0.4 is 14.8 Å². The number of hydrogen-bond donors (Lipinski definition) is 1. The van der Waals surface area contributed by atoms with Crippen molar-refractivity contribution in [3.05, 3.63) is 53.6 Å². The number of para-hydroxylation sites is 1. The highest BCUT2D eigenvalue weighted by Crippen LogP contribution is 2.34. The Kier molecular flexibility index (Phi) is 5.43. The van der Waals surface area contributed by atoms with Gasteiger partial charge in [0.2, 0.25) is 0 Å². The van der Waals surface area contributed by atoms with E-state index >= 15 is 0 Å². The molecule has 0 bridgehead atoms. The number of amides is 2. The molecule has 1 saturated carbocycles. The molecule has 6 heteroatoms. The number of carbonyl (C=O) groups is 2. The summed E-state index contributed by atoms with van der Waals surface area (Å²) in [6, 6.07) is 12.6. The number of fused-ring (bicyclic) bond motifs is 1. The fraction of sp³-hybridized carbons (Fsp3) is 0.391. The first-order valence-electron chi connectivity index (χ1n) is 10.1. The number of carbonyl (C=O) groups excluding carboxylic acids is 2. The van der Waals surface area contributed by atoms with E-state index < -0.39 is 6.10 Å². The molecule has 1 aliphatic carbocycles. The maximum absolute atomic E-state index is 12.8. The number of rotatable bonds is 6. The quantitative estimate of drug-likeness (QED) is 0.808. The lowest BCUT2D eigenvalue weighted by Crippen LogP contribution is -2.40. The van der Waals surface area contributed by atoms with Crippen molar-refractivity contribution in [2.75, 3.05) is 19.0 Å². The largest absolute Gasteiger partial charge is 0.496 e. The van der Waals surface area contributed by atoms with Crippen LogP contribution in [0.2, 0.25) is 0 Å². The summed E-state index contributed by atoms with van der Waals surface area (Å²) in [5.41, 5.74) is 2.04. The molecule has 0 radical (unpaired) electrons. The summed E-state index contributed by atoms with van der Waals surface area (Å²) in [7, 11) is 1.54. The van der Waals surface area contributed by atoms with Gasteiger partial charge >= 0.3 is 0 Å². The van der Waals surface area contributed by atoms with E-state index in [1.165, 1.54) is 12.8 Å². The molecular formula is C23H26N2O4. The van der Waals surface area contributed by atoms with Crippen LogP contribution in [-0.4, -0.2) is 36.5 Å². The second-order valence-electron chi connectivity index (χ2n) is 7.65. The number of hydrogen-bond acceptors (Lipinski definition) is 4. The lowest BCUT2D eigenvalue weighted by molar-refractivity contribution is -0.138. The topological polar surface area (TPSA) is 67.9 Å². The van der Waals surface area contributed by atoms with Crippen molar-refractivity contribution in [2.24, 2.45) is 5.92 Å². The molecule has 1 atom stereocenters. The van der Waals surface area contributed by atoms with Gasteiger partial charge in [0.15, 0.2) is 6.10 Å². The maximum Gasteiger partial charge on any atom is 0.263 e. The third-order valence-corrected chi connectivity index (χ3v) is 5.43. The van der Waals surface area contributed by atoms with Gasteiger partial charge in [0.25, 0.3) is 11.8 Å². The Labute approximate surface area is 170 Å². The molecule has 2 aromatic carbocycles. The first-order chi connectivity index (χ1) is 14.1. The van der Waals surface area contributed by atoms with Gasteiger partial charge in [-0.1, -0.05) is 19.1 Å². The normalized spacial score (nSPS) is 18.5. The van der Waals surface area contributed by atoms with E-state index in [0.29, 0.717) is 41.6 Å². The molecule has 6 nitrogen and oxygen atoms in total. The van der Waals surface area contributed by atoms with Crippen LogP contribution >= 0.6 is 0 Å². The number of ether oxygens (including phenoxy) is 2. The van der Waals surface area contributed by atoms with Crippen LogP contribution in [0.5, 0.6) is 11.5 Å². The van der Waals surface area contributed by atoms with Crippen molar-refractivity contribution in [3.8, 4) is 11.5 Å². The molecule has 152 valence electrons. The first-order valence-corrected chi connectivity index (χ1v) is 10.1. The Hall–Kier alpha value is -3.02. The Bertz CT molecular complexity index is 923. The summed E-state index contributed by atoms with van der Waals surface area (Å²) in [4.78, 5) is 27.5. The van der Waals surface area contributed by atoms with E-state index in [-0.39, 0.29) is 11.8 Å². The van der Waals surface area contributed by atoms with Crippen LogP contribution in [0, 0.1) is 5.92 Å². The molecule has 0 aromatic heterocycles. The van der Waals surface area contributed by atoms with E-state index in [1.54, 1.807) is 31.4 Å². The zero-order valence-corrected chi connectivity index (χ0v) is 16.8. The fourth-order valence-corrected chi connectivity index (χ4v) is 3.64. The lowest BCUT2D eigenvalue weighted by Gasteiger charge is -2.23. The summed E-state index contributed by atoms with van der Waals surface area (Å²) in [6.45, 7) is 3.24. The Morgan fingerprint density at radius 1 is 1.24 bits per heavy atom. The van der Waals surface area contributed by atoms with Crippen LogP contribution in [0.1, 0.15) is 42.1 Å². The summed E-state index contributed by atoms with van der Waals surface area (Å²) in [6.07, 6.45) is 2.54. The number of benzene rings is 2. The zero-order chi connectivity index (χ0) is 20.4. The van der Waals surface area contributed by atoms with Gasteiger partial charge in [0.1, 0.15) is 11.5 Å². The molecule has 0 unspecified atom stereocenters. The highest BCUT2D eigenvalue weighted by molar-refractivity contribution is 6.06. The summed E-state index contributed by atoms with van der Waals surface area (Å²) in [5.74, 6) is 1.64. The maximum atomic E-state index is 12.8. The van der Waals surface area contributed by atoms with Gasteiger partial charge < -0.3 is 19.7 Å². The van der Waals surface area contributed by atoms with Crippen molar-refractivity contribution in [1.82, 2.24) is 4.90 Å². The van der Waals surface area contributed by atoms with Gasteiger partial charge in [-0.3, -0.25) is 9.59 Å². The van der Waals surface area contributed by atoms with Gasteiger partial charge in [-0.05, 0) is 55.5 Å². The minimum absolute atomic E-state index is 0.0511. The Morgan fingerprint density at radius 2 is 2.03 bits per heavy atom. The first kappa shape index (κ1) is 19.3. The van der Waals surface area contributed by atoms with E-state index in [4.69, 9.17) is 9.47 Å². The molecular weight excluding hydrogens is 368 g/mol. The van der Waals surface area contributed by atoms with E-state index in [9.17, 15) is 9.59 Å². The highest BCUT2D eigenvalue weighted by atomic mass is 16.5. The zero-order valence-electron chi connectivity index (χ0n) is 16.8. The molecule has 1 heterocycles. The molecule has 2 amide bonds. The Morgan fingerprint density at radius 3 is 2.76 bits per heavy atom. The number of anilines is 1. The lowest BCUT2D eigenvalue weighted by atomic mass is 10.1. The molecule has 1 fully saturated rings. The molecule has 1 aliphatic heterocycles. The monoisotopic (exact) mass is 394 g/mol. The van der Waals surface area contributed by atoms with Gasteiger partial charge in [0.05, 0.1) is 12.7 Å². The van der Waals surface area contributed by atoms with Crippen molar-refractivity contribution in [1.29, 1.82) is 0 Å². The van der Waals surface area contributed by atoms with Crippen molar-refractivity contribution < 1.29 is 19.1 Å². The third kappa shape index (κ3) is 4.21. The number of nitrogens with one attached hydrogen (secondary N) is 1. The summed E-state index contributed by atoms with van der Waals surface area (Å²) >= 11 is 0. The second kappa shape index (κ2) is 8.15. The van der Waals surface area contributed by atoms with Gasteiger partial charge in [-0.25, -0.2) is 0 Å². The second-order valence-corrected chi connectivity index (χ2v) is 7.65. The van der Waals surface area contributed by atoms with Crippen LogP contribution in [0.3, 0.4) is 0 Å². The van der Waals surface area contributed by atoms with Crippen LogP contribution in [0.15, 0.2) is 42.5 Å². The van der Waals surface area contributed by atoms with Crippen LogP contribution in [0.4, 0.5) is 5.69 Å². The standard InChI is InChI=1S/C23H26N2O4/c1-3-19-23(27)25(13-15-8-9-15)14-16-12-17(10-11-20(16)29-19)24-22(26)18-6-4-5-7-21(18)28-2/h4-7,10-12,15,19H,3,8-9,13-14H2,1-2H3,(H,24,26)/t19-/m0/s1.